The molecule has 69 heavy (non-hydrogen) atoms. The number of hydrogen-bond donors (Lipinski definition) is 0. The summed E-state index contributed by atoms with van der Waals surface area (Å²) in [5.74, 6) is 1.68. The van der Waals surface area contributed by atoms with E-state index in [-0.39, 0.29) is 23.6 Å². The highest BCUT2D eigenvalue weighted by Crippen LogP contribution is 2.26. The van der Waals surface area contributed by atoms with Crippen LogP contribution in [-0.4, -0.2) is 60.9 Å². The number of carbonyl (C=O) groups is 3. The average molecular weight is 975 g/mol. The molecular weight excluding hydrogens is 851 g/mol. The van der Waals surface area contributed by atoms with Crippen LogP contribution in [0.25, 0.3) is 0 Å². The average Bonchev–Trinajstić information content (AvgIpc) is 3.74. The van der Waals surface area contributed by atoms with Crippen molar-refractivity contribution in [2.45, 2.75) is 325 Å². The zero-order valence-corrected chi connectivity index (χ0v) is 48.4. The molecule has 1 rings (SSSR count). The minimum Gasteiger partial charge on any atom is -0.462 e. The fraction of sp³-hybridized carbons (Fsp3) is 0.889. The summed E-state index contributed by atoms with van der Waals surface area (Å²) >= 11 is 0. The largest absolute Gasteiger partial charge is 0.462 e. The molecule has 1 aliphatic heterocycles. The minimum absolute atomic E-state index is 0.00754. The smallest absolute Gasteiger partial charge is 0.306 e. The van der Waals surface area contributed by atoms with Gasteiger partial charge in [-0.1, -0.05) is 222 Å². The lowest BCUT2D eigenvalue weighted by Crippen LogP contribution is -2.34. The van der Waals surface area contributed by atoms with Crippen molar-refractivity contribution in [3.05, 3.63) is 24.8 Å². The highest BCUT2D eigenvalue weighted by Gasteiger charge is 2.30. The number of esters is 1. The third-order valence-corrected chi connectivity index (χ3v) is 13.4. The van der Waals surface area contributed by atoms with Gasteiger partial charge in [0.2, 0.25) is 0 Å². The molecule has 1 unspecified atom stereocenters. The third kappa shape index (κ3) is 52.4. The Balaban J connectivity index is -0.00000182. The Labute approximate surface area is 432 Å². The first-order valence-corrected chi connectivity index (χ1v) is 30.5. The van der Waals surface area contributed by atoms with Gasteiger partial charge in [-0.25, -0.2) is 0 Å². The first-order valence-electron chi connectivity index (χ1n) is 30.5. The normalized spacial score (nSPS) is 14.9. The molecule has 6 nitrogen and oxygen atoms in total. The van der Waals surface area contributed by atoms with E-state index < -0.39 is 0 Å². The van der Waals surface area contributed by atoms with Gasteiger partial charge in [0, 0.05) is 38.5 Å². The SMILES string of the molecule is C=CC(CC)CCCCCCCCCC.CC.CCC.CCCCCCCCC(CCCCCCCC)OC(=O)CCCCCCCOC[C@@H]1C[C@H](C=CC(=O)CCC)CN1CCCCCC(C)=O. The monoisotopic (exact) mass is 974 g/mol. The van der Waals surface area contributed by atoms with Crippen LogP contribution in [0.5, 0.6) is 0 Å². The Morgan fingerprint density at radius 2 is 1.04 bits per heavy atom. The Morgan fingerprint density at radius 3 is 1.54 bits per heavy atom. The summed E-state index contributed by atoms with van der Waals surface area (Å²) < 4.78 is 12.2. The summed E-state index contributed by atoms with van der Waals surface area (Å²) in [7, 11) is 0. The predicted octanol–water partition coefficient (Wildman–Crippen LogP) is 19.7. The van der Waals surface area contributed by atoms with Gasteiger partial charge in [-0.05, 0) is 108 Å². The molecule has 1 fully saturated rings. The number of nitrogens with zero attached hydrogens (tertiary/aromatic N) is 1. The van der Waals surface area contributed by atoms with Crippen LogP contribution in [0, 0.1) is 11.8 Å². The molecule has 0 N–H and O–H groups in total. The van der Waals surface area contributed by atoms with E-state index in [1.807, 2.05) is 20.8 Å². The van der Waals surface area contributed by atoms with E-state index in [0.717, 1.165) is 109 Å². The van der Waals surface area contributed by atoms with Gasteiger partial charge in [-0.15, -0.1) is 6.58 Å². The molecule has 1 saturated heterocycles. The second kappa shape index (κ2) is 58.8. The standard InChI is InChI=1S/C43H79NO5.C15H30.C3H8.C2H6/c1-5-8-10-12-15-21-28-42(29-22-16-13-11-9-6-2)49-43(47)30-23-17-14-18-25-34-48-37-40-35-39(31-32-41(46)26-7-3)36-44(40)33-24-19-20-27-38(4)45;1-4-7-8-9-10-11-12-13-14-15(5-2)6-3;1-3-2;1-2/h31-32,39-40,42H,5-30,33-37H2,1-4H3;5,15H,2,4,6-14H2,1,3H3;3H2,1-2H3;1-2H3/t39-,40-;;;/m0.../s1. The van der Waals surface area contributed by atoms with Crippen molar-refractivity contribution < 1.29 is 23.9 Å². The van der Waals surface area contributed by atoms with Crippen LogP contribution >= 0.6 is 0 Å². The third-order valence-electron chi connectivity index (χ3n) is 13.4. The molecule has 0 aliphatic carbocycles. The molecule has 0 aromatic heterocycles. The lowest BCUT2D eigenvalue weighted by Gasteiger charge is -2.24. The van der Waals surface area contributed by atoms with Crippen LogP contribution in [0.3, 0.4) is 0 Å². The van der Waals surface area contributed by atoms with Crippen LogP contribution < -0.4 is 0 Å². The summed E-state index contributed by atoms with van der Waals surface area (Å²) in [4.78, 5) is 38.6. The fourth-order valence-electron chi connectivity index (χ4n) is 9.11. The van der Waals surface area contributed by atoms with Crippen LogP contribution in [0.15, 0.2) is 24.8 Å². The highest BCUT2D eigenvalue weighted by atomic mass is 16.5. The number of likely N-dealkylation sites (tertiary alicyclic amines) is 1. The maximum atomic E-state index is 12.7. The molecule has 3 atom stereocenters. The van der Waals surface area contributed by atoms with Crippen molar-refractivity contribution in [2.24, 2.45) is 11.8 Å². The number of Topliss-reactive ketones (excluding diaryl/α,β-unsaturated/α-hetero) is 1. The van der Waals surface area contributed by atoms with Crippen LogP contribution in [0.1, 0.15) is 313 Å². The van der Waals surface area contributed by atoms with Crippen molar-refractivity contribution in [1.82, 2.24) is 4.90 Å². The van der Waals surface area contributed by atoms with Crippen LogP contribution in [0.2, 0.25) is 0 Å². The van der Waals surface area contributed by atoms with Crippen molar-refractivity contribution in [3.8, 4) is 0 Å². The zero-order chi connectivity index (χ0) is 51.9. The Morgan fingerprint density at radius 1 is 0.580 bits per heavy atom. The van der Waals surface area contributed by atoms with E-state index in [4.69, 9.17) is 9.47 Å². The number of ether oxygens (including phenoxy) is 2. The van der Waals surface area contributed by atoms with E-state index in [2.05, 4.69) is 65.2 Å². The maximum Gasteiger partial charge on any atom is 0.306 e. The summed E-state index contributed by atoms with van der Waals surface area (Å²) in [5.41, 5.74) is 0. The minimum atomic E-state index is 0.00754. The molecule has 1 aliphatic rings. The number of carbonyl (C=O) groups excluding carboxylic acids is 3. The van der Waals surface area contributed by atoms with Gasteiger partial charge in [-0.2, -0.15) is 0 Å². The van der Waals surface area contributed by atoms with Crippen molar-refractivity contribution in [2.75, 3.05) is 26.3 Å². The first kappa shape index (κ1) is 71.5. The number of unbranched alkanes of at least 4 members (excludes halogenated alkanes) is 23. The Hall–Kier alpha value is -1.79. The van der Waals surface area contributed by atoms with Crippen molar-refractivity contribution in [3.63, 3.8) is 0 Å². The van der Waals surface area contributed by atoms with Gasteiger partial charge in [-0.3, -0.25) is 14.5 Å². The molecule has 0 aromatic carbocycles. The van der Waals surface area contributed by atoms with E-state index in [1.54, 1.807) is 13.0 Å². The van der Waals surface area contributed by atoms with Gasteiger partial charge in [0.25, 0.3) is 0 Å². The summed E-state index contributed by atoms with van der Waals surface area (Å²) in [5, 5.41) is 0. The lowest BCUT2D eigenvalue weighted by molar-refractivity contribution is -0.150. The molecule has 0 spiro atoms. The number of allylic oxidation sites excluding steroid dienone is 2. The van der Waals surface area contributed by atoms with Crippen molar-refractivity contribution >= 4 is 17.5 Å². The predicted molar refractivity (Wildman–Crippen MR) is 305 cm³/mol. The molecule has 410 valence electrons. The number of ketones is 2. The van der Waals surface area contributed by atoms with E-state index in [0.29, 0.717) is 31.2 Å². The molecule has 6 heteroatoms. The number of hydrogen-bond acceptors (Lipinski definition) is 6. The second-order valence-corrected chi connectivity index (χ2v) is 20.4. The molecule has 0 radical (unpaired) electrons. The van der Waals surface area contributed by atoms with E-state index >= 15 is 0 Å². The molecule has 0 saturated carbocycles. The Kier molecular flexibility index (Phi) is 60.9. The summed E-state index contributed by atoms with van der Waals surface area (Å²) in [6.07, 6.45) is 51.1. The number of rotatable bonds is 46. The molecule has 1 heterocycles. The van der Waals surface area contributed by atoms with E-state index in [1.165, 1.54) is 148 Å². The lowest BCUT2D eigenvalue weighted by atomic mass is 9.98. The van der Waals surface area contributed by atoms with Crippen LogP contribution in [-0.2, 0) is 23.9 Å². The molecule has 0 aromatic rings. The Bertz CT molecular complexity index is 1090. The fourth-order valence-corrected chi connectivity index (χ4v) is 9.11. The van der Waals surface area contributed by atoms with Gasteiger partial charge in [0.05, 0.1) is 6.61 Å². The van der Waals surface area contributed by atoms with Crippen LogP contribution in [0.4, 0.5) is 0 Å². The highest BCUT2D eigenvalue weighted by molar-refractivity contribution is 5.89. The summed E-state index contributed by atoms with van der Waals surface area (Å²) in [6, 6.07) is 0.390. The first-order chi connectivity index (χ1) is 33.6. The topological polar surface area (TPSA) is 72.9 Å². The molecule has 0 bridgehead atoms. The zero-order valence-electron chi connectivity index (χ0n) is 48.4. The molecular formula is C63H123NO5. The quantitative estimate of drug-likeness (QED) is 0.0262. The van der Waals surface area contributed by atoms with Gasteiger partial charge < -0.3 is 14.3 Å². The van der Waals surface area contributed by atoms with Gasteiger partial charge >= 0.3 is 5.97 Å². The second-order valence-electron chi connectivity index (χ2n) is 20.4. The molecule has 0 amide bonds. The van der Waals surface area contributed by atoms with E-state index in [9.17, 15) is 14.4 Å². The van der Waals surface area contributed by atoms with Crippen molar-refractivity contribution in [1.29, 1.82) is 0 Å². The summed E-state index contributed by atoms with van der Waals surface area (Å²) in [6.45, 7) is 28.4. The van der Waals surface area contributed by atoms with Gasteiger partial charge in [0.15, 0.2) is 5.78 Å². The van der Waals surface area contributed by atoms with Gasteiger partial charge in [0.1, 0.15) is 11.9 Å². The maximum absolute atomic E-state index is 12.7.